The van der Waals surface area contributed by atoms with Gasteiger partial charge < -0.3 is 5.32 Å². The minimum atomic E-state index is 0.325. The van der Waals surface area contributed by atoms with Crippen molar-refractivity contribution in [2.45, 2.75) is 59.9 Å². The molecule has 2 heteroatoms. The third kappa shape index (κ3) is 4.81. The van der Waals surface area contributed by atoms with Crippen molar-refractivity contribution in [3.8, 4) is 0 Å². The van der Waals surface area contributed by atoms with Crippen molar-refractivity contribution in [2.75, 3.05) is 6.54 Å². The van der Waals surface area contributed by atoms with Gasteiger partial charge in [-0.1, -0.05) is 34.6 Å². The number of hydrogen-bond donors (Lipinski definition) is 1. The average molecular weight is 253 g/mol. The molecule has 0 radical (unpaired) electrons. The first kappa shape index (κ1) is 14.7. The molecular formula is C15H27NS. The molecule has 1 nitrogen and oxygen atoms in total. The van der Waals surface area contributed by atoms with Crippen LogP contribution in [0.2, 0.25) is 0 Å². The van der Waals surface area contributed by atoms with Crippen LogP contribution in [0.4, 0.5) is 0 Å². The molecule has 0 saturated heterocycles. The molecule has 1 unspecified atom stereocenters. The highest BCUT2D eigenvalue weighted by Crippen LogP contribution is 2.26. The van der Waals surface area contributed by atoms with Crippen molar-refractivity contribution in [3.05, 3.63) is 21.9 Å². The molecule has 1 rings (SSSR count). The van der Waals surface area contributed by atoms with E-state index in [1.807, 2.05) is 11.3 Å². The Bertz CT molecular complexity index is 322. The molecule has 0 spiro atoms. The molecule has 98 valence electrons. The summed E-state index contributed by atoms with van der Waals surface area (Å²) in [6, 6.07) is 5.15. The van der Waals surface area contributed by atoms with Crippen LogP contribution in [0.3, 0.4) is 0 Å². The van der Waals surface area contributed by atoms with Gasteiger partial charge in [0.2, 0.25) is 0 Å². The van der Waals surface area contributed by atoms with Gasteiger partial charge in [-0.05, 0) is 43.4 Å². The Morgan fingerprint density at radius 1 is 1.18 bits per heavy atom. The molecule has 1 N–H and O–H groups in total. The Balaban J connectivity index is 2.65. The second-order valence-corrected chi connectivity index (χ2v) is 7.05. The highest BCUT2D eigenvalue weighted by atomic mass is 32.1. The first-order valence-corrected chi connectivity index (χ1v) is 7.60. The molecule has 1 heterocycles. The van der Waals surface area contributed by atoms with Crippen molar-refractivity contribution in [1.82, 2.24) is 5.32 Å². The lowest BCUT2D eigenvalue weighted by Crippen LogP contribution is -2.42. The number of thiophene rings is 1. The van der Waals surface area contributed by atoms with Crippen molar-refractivity contribution in [3.63, 3.8) is 0 Å². The first-order valence-electron chi connectivity index (χ1n) is 6.78. The Morgan fingerprint density at radius 3 is 2.29 bits per heavy atom. The Morgan fingerprint density at radius 2 is 1.82 bits per heavy atom. The van der Waals surface area contributed by atoms with E-state index >= 15 is 0 Å². The Kier molecular flexibility index (Phi) is 5.68. The minimum Gasteiger partial charge on any atom is -0.313 e. The normalized spacial score (nSPS) is 13.9. The van der Waals surface area contributed by atoms with Gasteiger partial charge in [-0.3, -0.25) is 0 Å². The monoisotopic (exact) mass is 253 g/mol. The quantitative estimate of drug-likeness (QED) is 0.798. The lowest BCUT2D eigenvalue weighted by Gasteiger charge is -2.31. The zero-order chi connectivity index (χ0) is 12.9. The van der Waals surface area contributed by atoms with E-state index < -0.39 is 0 Å². The summed E-state index contributed by atoms with van der Waals surface area (Å²) in [6.07, 6.45) is 3.53. The van der Waals surface area contributed by atoms with Gasteiger partial charge in [0.1, 0.15) is 0 Å². The maximum absolute atomic E-state index is 3.69. The van der Waals surface area contributed by atoms with Gasteiger partial charge in [-0.2, -0.15) is 0 Å². The van der Waals surface area contributed by atoms with E-state index in [1.165, 1.54) is 16.2 Å². The van der Waals surface area contributed by atoms with E-state index in [4.69, 9.17) is 0 Å². The molecule has 1 aromatic rings. The Labute approximate surface area is 111 Å². The van der Waals surface area contributed by atoms with Gasteiger partial charge in [0.25, 0.3) is 0 Å². The van der Waals surface area contributed by atoms with Crippen molar-refractivity contribution in [1.29, 1.82) is 0 Å². The molecule has 0 aliphatic heterocycles. The van der Waals surface area contributed by atoms with E-state index in [0.29, 0.717) is 11.5 Å². The summed E-state index contributed by atoms with van der Waals surface area (Å²) in [5.41, 5.74) is 0.325. The van der Waals surface area contributed by atoms with Gasteiger partial charge in [-0.15, -0.1) is 11.3 Å². The fraction of sp³-hybridized carbons (Fsp3) is 0.733. The minimum absolute atomic E-state index is 0.325. The molecule has 1 aromatic heterocycles. The maximum Gasteiger partial charge on any atom is 0.0164 e. The standard InChI is InChI=1S/C15H27NS/c1-6-10-16-14(15(3,4)5)11-13-9-8-12(7-2)17-13/h8-9,14,16H,6-7,10-11H2,1-5H3. The van der Waals surface area contributed by atoms with E-state index in [-0.39, 0.29) is 0 Å². The lowest BCUT2D eigenvalue weighted by molar-refractivity contribution is 0.268. The summed E-state index contributed by atoms with van der Waals surface area (Å²) in [4.78, 5) is 3.02. The highest BCUT2D eigenvalue weighted by Gasteiger charge is 2.24. The van der Waals surface area contributed by atoms with Crippen LogP contribution in [0.25, 0.3) is 0 Å². The summed E-state index contributed by atoms with van der Waals surface area (Å²) >= 11 is 1.97. The van der Waals surface area contributed by atoms with E-state index in [0.717, 1.165) is 19.4 Å². The maximum atomic E-state index is 3.69. The second kappa shape index (κ2) is 6.55. The highest BCUT2D eigenvalue weighted by molar-refractivity contribution is 7.11. The topological polar surface area (TPSA) is 12.0 Å². The zero-order valence-corrected chi connectivity index (χ0v) is 12.8. The van der Waals surface area contributed by atoms with E-state index in [1.54, 1.807) is 0 Å². The molecule has 0 bridgehead atoms. The lowest BCUT2D eigenvalue weighted by atomic mass is 9.84. The molecular weight excluding hydrogens is 226 g/mol. The fourth-order valence-electron chi connectivity index (χ4n) is 1.93. The van der Waals surface area contributed by atoms with Gasteiger partial charge >= 0.3 is 0 Å². The van der Waals surface area contributed by atoms with Crippen LogP contribution in [0.15, 0.2) is 12.1 Å². The average Bonchev–Trinajstić information content (AvgIpc) is 2.70. The summed E-state index contributed by atoms with van der Waals surface area (Å²) in [7, 11) is 0. The van der Waals surface area contributed by atoms with Crippen LogP contribution >= 0.6 is 11.3 Å². The molecule has 0 fully saturated rings. The van der Waals surface area contributed by atoms with Crippen LogP contribution in [-0.4, -0.2) is 12.6 Å². The SMILES string of the molecule is CCCNC(Cc1ccc(CC)s1)C(C)(C)C. The van der Waals surface area contributed by atoms with Gasteiger partial charge in [0.15, 0.2) is 0 Å². The van der Waals surface area contributed by atoms with E-state index in [9.17, 15) is 0 Å². The Hall–Kier alpha value is -0.340. The van der Waals surface area contributed by atoms with Gasteiger partial charge in [-0.25, -0.2) is 0 Å². The summed E-state index contributed by atoms with van der Waals surface area (Å²) in [6.45, 7) is 12.6. The summed E-state index contributed by atoms with van der Waals surface area (Å²) in [5.74, 6) is 0. The van der Waals surface area contributed by atoms with Crippen LogP contribution in [0.1, 0.15) is 50.8 Å². The number of rotatable bonds is 6. The molecule has 17 heavy (non-hydrogen) atoms. The predicted octanol–water partition coefficient (Wildman–Crippen LogP) is 4.27. The third-order valence-corrected chi connectivity index (χ3v) is 4.41. The smallest absolute Gasteiger partial charge is 0.0164 e. The molecule has 0 saturated carbocycles. The fourth-order valence-corrected chi connectivity index (χ4v) is 2.93. The van der Waals surface area contributed by atoms with Crippen molar-refractivity contribution < 1.29 is 0 Å². The predicted molar refractivity (Wildman–Crippen MR) is 78.9 cm³/mol. The van der Waals surface area contributed by atoms with Crippen LogP contribution in [-0.2, 0) is 12.8 Å². The van der Waals surface area contributed by atoms with Gasteiger partial charge in [0, 0.05) is 15.8 Å². The van der Waals surface area contributed by atoms with Crippen molar-refractivity contribution in [2.24, 2.45) is 5.41 Å². The number of aryl methyl sites for hydroxylation is 1. The van der Waals surface area contributed by atoms with E-state index in [2.05, 4.69) is 52.1 Å². The zero-order valence-electron chi connectivity index (χ0n) is 12.0. The van der Waals surface area contributed by atoms with Crippen LogP contribution < -0.4 is 5.32 Å². The molecule has 0 aliphatic carbocycles. The number of nitrogens with one attached hydrogen (secondary N) is 1. The van der Waals surface area contributed by atoms with Gasteiger partial charge in [0.05, 0.1) is 0 Å². The molecule has 0 aromatic carbocycles. The summed E-state index contributed by atoms with van der Waals surface area (Å²) < 4.78 is 0. The molecule has 0 amide bonds. The first-order chi connectivity index (χ1) is 7.97. The molecule has 1 atom stereocenters. The largest absolute Gasteiger partial charge is 0.313 e. The van der Waals surface area contributed by atoms with Crippen molar-refractivity contribution >= 4 is 11.3 Å². The second-order valence-electron chi connectivity index (χ2n) is 5.80. The molecule has 0 aliphatic rings. The van der Waals surface area contributed by atoms with Crippen LogP contribution in [0, 0.1) is 5.41 Å². The number of hydrogen-bond acceptors (Lipinski definition) is 2. The summed E-state index contributed by atoms with van der Waals surface area (Å²) in [5, 5.41) is 3.69. The third-order valence-electron chi connectivity index (χ3n) is 3.16. The van der Waals surface area contributed by atoms with Crippen LogP contribution in [0.5, 0.6) is 0 Å².